The lowest BCUT2D eigenvalue weighted by atomic mass is 9.61. The van der Waals surface area contributed by atoms with E-state index in [1.807, 2.05) is 0 Å². The number of rotatable bonds is 0. The highest BCUT2D eigenvalue weighted by Crippen LogP contribution is 2.60. The van der Waals surface area contributed by atoms with Crippen molar-refractivity contribution in [1.29, 1.82) is 0 Å². The minimum atomic E-state index is -0.317. The van der Waals surface area contributed by atoms with E-state index in [1.165, 1.54) is 77.2 Å². The monoisotopic (exact) mass is 458 g/mol. The summed E-state index contributed by atoms with van der Waals surface area (Å²) >= 11 is 0. The topological polar surface area (TPSA) is 0 Å². The molecule has 0 heteroatoms. The van der Waals surface area contributed by atoms with Crippen LogP contribution in [0.25, 0.3) is 32.7 Å². The first-order valence-corrected chi connectivity index (χ1v) is 12.9. The van der Waals surface area contributed by atoms with Crippen LogP contribution in [-0.4, -0.2) is 0 Å². The van der Waals surface area contributed by atoms with Crippen LogP contribution in [0.2, 0.25) is 0 Å². The summed E-state index contributed by atoms with van der Waals surface area (Å²) in [6.45, 7) is 4.42. The maximum absolute atomic E-state index is 2.49. The van der Waals surface area contributed by atoms with Crippen molar-refractivity contribution in [1.82, 2.24) is 0 Å². The summed E-state index contributed by atoms with van der Waals surface area (Å²) in [4.78, 5) is 0. The average Bonchev–Trinajstić information content (AvgIpc) is 3.16. The molecule has 36 heavy (non-hydrogen) atoms. The SMILES string of the molecule is Cc1ccc2c(c1)C1(c3ccccc3Cc3cc4ccccc4cc31)c1cc3cc(C)ccc3cc1-2. The van der Waals surface area contributed by atoms with Crippen molar-refractivity contribution in [3.63, 3.8) is 0 Å². The van der Waals surface area contributed by atoms with Gasteiger partial charge in [-0.3, -0.25) is 0 Å². The van der Waals surface area contributed by atoms with E-state index in [0.29, 0.717) is 0 Å². The van der Waals surface area contributed by atoms with Gasteiger partial charge in [-0.25, -0.2) is 0 Å². The highest BCUT2D eigenvalue weighted by Gasteiger charge is 2.50. The standard InChI is InChI=1S/C36H26/c1-22-11-13-26-19-31-30-14-12-23(2)16-34(30)36(35(31)21-28(26)15-22)32-10-6-5-9-27(32)18-29-17-24-7-3-4-8-25(24)20-33(29)36/h3-17,19-21H,18H2,1-2H3. The zero-order chi connectivity index (χ0) is 24.0. The minimum Gasteiger partial charge on any atom is -0.0620 e. The molecule has 0 radical (unpaired) electrons. The zero-order valence-corrected chi connectivity index (χ0v) is 20.6. The van der Waals surface area contributed by atoms with Gasteiger partial charge in [0.1, 0.15) is 0 Å². The minimum absolute atomic E-state index is 0.317. The fourth-order valence-electron chi connectivity index (χ4n) is 7.05. The summed E-state index contributed by atoms with van der Waals surface area (Å²) in [6, 6.07) is 41.8. The second-order valence-corrected chi connectivity index (χ2v) is 10.7. The van der Waals surface area contributed by atoms with E-state index in [4.69, 9.17) is 0 Å². The molecule has 0 fully saturated rings. The number of fused-ring (bicyclic) bond motifs is 11. The Labute approximate surface area is 211 Å². The normalized spacial score (nSPS) is 17.2. The molecule has 170 valence electrons. The van der Waals surface area contributed by atoms with Crippen LogP contribution in [0.3, 0.4) is 0 Å². The van der Waals surface area contributed by atoms with Crippen LogP contribution in [-0.2, 0) is 11.8 Å². The van der Waals surface area contributed by atoms with Crippen molar-refractivity contribution in [3.8, 4) is 11.1 Å². The van der Waals surface area contributed by atoms with Crippen LogP contribution < -0.4 is 0 Å². The molecule has 0 aliphatic heterocycles. The van der Waals surface area contributed by atoms with Crippen molar-refractivity contribution in [2.75, 3.05) is 0 Å². The Kier molecular flexibility index (Phi) is 3.88. The van der Waals surface area contributed by atoms with Gasteiger partial charge in [0.2, 0.25) is 0 Å². The van der Waals surface area contributed by atoms with Crippen molar-refractivity contribution in [2.24, 2.45) is 0 Å². The van der Waals surface area contributed by atoms with Gasteiger partial charge in [0.25, 0.3) is 0 Å². The highest BCUT2D eigenvalue weighted by atomic mass is 14.5. The lowest BCUT2D eigenvalue weighted by molar-refractivity contribution is 0.724. The summed E-state index contributed by atoms with van der Waals surface area (Å²) in [5.74, 6) is 0. The third kappa shape index (κ3) is 2.49. The molecule has 0 saturated carbocycles. The van der Waals surface area contributed by atoms with E-state index in [2.05, 4.69) is 123 Å². The number of hydrogen-bond donors (Lipinski definition) is 0. The second kappa shape index (κ2) is 6.95. The molecule has 1 unspecified atom stereocenters. The first-order valence-electron chi connectivity index (χ1n) is 12.9. The molecule has 6 aromatic carbocycles. The average molecular weight is 459 g/mol. The Morgan fingerprint density at radius 2 is 1.11 bits per heavy atom. The third-order valence-corrected chi connectivity index (χ3v) is 8.58. The largest absolute Gasteiger partial charge is 0.0719 e. The number of aryl methyl sites for hydroxylation is 2. The molecular weight excluding hydrogens is 432 g/mol. The maximum atomic E-state index is 2.49. The molecule has 0 bridgehead atoms. The van der Waals surface area contributed by atoms with Gasteiger partial charge < -0.3 is 0 Å². The van der Waals surface area contributed by atoms with E-state index in [9.17, 15) is 0 Å². The molecule has 8 rings (SSSR count). The lowest BCUT2D eigenvalue weighted by Gasteiger charge is -2.40. The van der Waals surface area contributed by atoms with E-state index >= 15 is 0 Å². The molecule has 0 saturated heterocycles. The molecule has 0 heterocycles. The predicted molar refractivity (Wildman–Crippen MR) is 151 cm³/mol. The van der Waals surface area contributed by atoms with Gasteiger partial charge in [0.15, 0.2) is 0 Å². The summed E-state index contributed by atoms with van der Waals surface area (Å²) in [5.41, 5.74) is 13.6. The fourth-order valence-corrected chi connectivity index (χ4v) is 7.05. The highest BCUT2D eigenvalue weighted by molar-refractivity contribution is 5.97. The van der Waals surface area contributed by atoms with Crippen molar-refractivity contribution >= 4 is 21.5 Å². The Morgan fingerprint density at radius 3 is 2.00 bits per heavy atom. The van der Waals surface area contributed by atoms with Crippen LogP contribution in [0.1, 0.15) is 44.5 Å². The van der Waals surface area contributed by atoms with Gasteiger partial charge in [-0.15, -0.1) is 0 Å². The quantitative estimate of drug-likeness (QED) is 0.213. The molecule has 0 aromatic heterocycles. The number of benzene rings is 6. The molecule has 6 aromatic rings. The molecule has 2 aliphatic carbocycles. The summed E-state index contributed by atoms with van der Waals surface area (Å²) in [5, 5.41) is 5.27. The van der Waals surface area contributed by atoms with E-state index in [-0.39, 0.29) is 5.41 Å². The Bertz CT molecular complexity index is 1890. The molecule has 2 aliphatic rings. The van der Waals surface area contributed by atoms with Crippen LogP contribution in [0.5, 0.6) is 0 Å². The summed E-state index contributed by atoms with van der Waals surface area (Å²) in [6.07, 6.45) is 0.973. The first kappa shape index (κ1) is 20.1. The van der Waals surface area contributed by atoms with Crippen molar-refractivity contribution < 1.29 is 0 Å². The van der Waals surface area contributed by atoms with E-state index in [0.717, 1.165) is 6.42 Å². The smallest absolute Gasteiger partial charge is 0.0620 e. The zero-order valence-electron chi connectivity index (χ0n) is 20.6. The molecule has 1 spiro atoms. The summed E-state index contributed by atoms with van der Waals surface area (Å²) in [7, 11) is 0. The van der Waals surface area contributed by atoms with Crippen LogP contribution >= 0.6 is 0 Å². The van der Waals surface area contributed by atoms with Gasteiger partial charge in [0, 0.05) is 0 Å². The van der Waals surface area contributed by atoms with Gasteiger partial charge in [-0.1, -0.05) is 102 Å². The second-order valence-electron chi connectivity index (χ2n) is 10.7. The van der Waals surface area contributed by atoms with Crippen LogP contribution in [0, 0.1) is 13.8 Å². The molecule has 0 N–H and O–H groups in total. The Balaban J connectivity index is 1.61. The molecule has 0 amide bonds. The Hall–Kier alpha value is -4.16. The van der Waals surface area contributed by atoms with Gasteiger partial charge >= 0.3 is 0 Å². The van der Waals surface area contributed by atoms with Crippen molar-refractivity contribution in [3.05, 3.63) is 154 Å². The van der Waals surface area contributed by atoms with Gasteiger partial charge in [0.05, 0.1) is 5.41 Å². The molecule has 1 atom stereocenters. The summed E-state index contributed by atoms with van der Waals surface area (Å²) < 4.78 is 0. The fraction of sp³-hybridized carbons (Fsp3) is 0.111. The number of hydrogen-bond acceptors (Lipinski definition) is 0. The lowest BCUT2D eigenvalue weighted by Crippen LogP contribution is -2.34. The van der Waals surface area contributed by atoms with E-state index in [1.54, 1.807) is 0 Å². The molecule has 0 nitrogen and oxygen atoms in total. The van der Waals surface area contributed by atoms with Crippen LogP contribution in [0.4, 0.5) is 0 Å². The third-order valence-electron chi connectivity index (χ3n) is 8.58. The maximum Gasteiger partial charge on any atom is 0.0719 e. The Morgan fingerprint density at radius 1 is 0.444 bits per heavy atom. The van der Waals surface area contributed by atoms with Gasteiger partial charge in [-0.05, 0) is 105 Å². The van der Waals surface area contributed by atoms with Crippen molar-refractivity contribution in [2.45, 2.75) is 25.7 Å². The van der Waals surface area contributed by atoms with Crippen LogP contribution in [0.15, 0.2) is 109 Å². The van der Waals surface area contributed by atoms with Gasteiger partial charge in [-0.2, -0.15) is 0 Å². The first-order chi connectivity index (χ1) is 17.6. The van der Waals surface area contributed by atoms with E-state index < -0.39 is 0 Å². The predicted octanol–water partition coefficient (Wildman–Crippen LogP) is 8.88. The molecular formula is C36H26.